The number of aliphatic hydroxyl groups excluding tert-OH is 1. The van der Waals surface area contributed by atoms with E-state index < -0.39 is 0 Å². The quantitative estimate of drug-likeness (QED) is 0.565. The first-order valence-corrected chi connectivity index (χ1v) is 9.04. The van der Waals surface area contributed by atoms with E-state index in [-0.39, 0.29) is 18.5 Å². The smallest absolute Gasteiger partial charge is 0.208 e. The zero-order valence-corrected chi connectivity index (χ0v) is 15.3. The lowest BCUT2D eigenvalue weighted by Gasteiger charge is -2.21. The number of hydrogen-bond acceptors (Lipinski definition) is 7. The van der Waals surface area contributed by atoms with Crippen LogP contribution in [0.3, 0.4) is 0 Å². The van der Waals surface area contributed by atoms with E-state index in [0.29, 0.717) is 30.3 Å². The van der Waals surface area contributed by atoms with Crippen LogP contribution in [-0.4, -0.2) is 50.7 Å². The van der Waals surface area contributed by atoms with E-state index in [1.54, 1.807) is 18.5 Å². The van der Waals surface area contributed by atoms with Gasteiger partial charge in [0.05, 0.1) is 24.9 Å². The van der Waals surface area contributed by atoms with Gasteiger partial charge >= 0.3 is 0 Å². The summed E-state index contributed by atoms with van der Waals surface area (Å²) in [6, 6.07) is 4.70. The van der Waals surface area contributed by atoms with Gasteiger partial charge in [0.2, 0.25) is 5.89 Å². The Bertz CT molecular complexity index is 843. The van der Waals surface area contributed by atoms with Gasteiger partial charge in [-0.25, -0.2) is 19.3 Å². The molecule has 3 aromatic rings. The second-order valence-electron chi connectivity index (χ2n) is 6.50. The number of nitrogens with one attached hydrogen (secondary N) is 1. The Hall–Kier alpha value is -2.58. The average molecular weight is 373 g/mol. The van der Waals surface area contributed by atoms with Crippen molar-refractivity contribution < 1.29 is 13.9 Å². The number of fused-ring (bicyclic) bond motifs is 1. The first-order valence-electron chi connectivity index (χ1n) is 9.04. The molecule has 0 radical (unpaired) electrons. The van der Waals surface area contributed by atoms with Gasteiger partial charge in [0.25, 0.3) is 0 Å². The Morgan fingerprint density at radius 3 is 2.93 bits per heavy atom. The molecule has 0 amide bonds. The maximum absolute atomic E-state index is 13.4. The molecule has 0 aliphatic carbocycles. The lowest BCUT2D eigenvalue weighted by atomic mass is 10.1. The van der Waals surface area contributed by atoms with Gasteiger partial charge in [-0.1, -0.05) is 0 Å². The number of hydrogen-bond donors (Lipinski definition) is 2. The van der Waals surface area contributed by atoms with Crippen LogP contribution in [0.1, 0.15) is 25.7 Å². The fraction of sp³-hybridized carbons (Fsp3) is 0.421. The minimum absolute atomic E-state index is 0.0952. The highest BCUT2D eigenvalue weighted by molar-refractivity contribution is 5.88. The summed E-state index contributed by atoms with van der Waals surface area (Å²) >= 11 is 0. The van der Waals surface area contributed by atoms with Crippen molar-refractivity contribution in [1.82, 2.24) is 19.9 Å². The topological polar surface area (TPSA) is 87.3 Å². The van der Waals surface area contributed by atoms with Crippen LogP contribution in [0.5, 0.6) is 0 Å². The van der Waals surface area contributed by atoms with Crippen LogP contribution in [0.25, 0.3) is 10.9 Å². The predicted molar refractivity (Wildman–Crippen MR) is 101 cm³/mol. The highest BCUT2D eigenvalue weighted by Crippen LogP contribution is 2.21. The Morgan fingerprint density at radius 2 is 2.15 bits per heavy atom. The van der Waals surface area contributed by atoms with Crippen molar-refractivity contribution in [3.8, 4) is 0 Å². The molecule has 2 heterocycles. The summed E-state index contributed by atoms with van der Waals surface area (Å²) in [5, 5.41) is 13.4. The maximum atomic E-state index is 13.4. The van der Waals surface area contributed by atoms with Gasteiger partial charge in [-0.2, -0.15) is 0 Å². The van der Waals surface area contributed by atoms with E-state index in [4.69, 9.17) is 4.42 Å². The molecule has 27 heavy (non-hydrogen) atoms. The molecule has 144 valence electrons. The highest BCUT2D eigenvalue weighted by Gasteiger charge is 2.11. The third kappa shape index (κ3) is 5.45. The van der Waals surface area contributed by atoms with Crippen molar-refractivity contribution >= 4 is 16.7 Å². The minimum atomic E-state index is -0.310. The van der Waals surface area contributed by atoms with Crippen LogP contribution >= 0.6 is 0 Å². The molecule has 0 aliphatic heterocycles. The normalized spacial score (nSPS) is 12.6. The number of rotatable bonds is 10. The van der Waals surface area contributed by atoms with Gasteiger partial charge in [0.15, 0.2) is 0 Å². The second-order valence-corrected chi connectivity index (χ2v) is 6.50. The Labute approximate surface area is 157 Å². The monoisotopic (exact) mass is 373 g/mol. The lowest BCUT2D eigenvalue weighted by Crippen LogP contribution is -2.29. The number of halogens is 1. The Kier molecular flexibility index (Phi) is 6.67. The number of aromatic nitrogens is 3. The molecule has 2 N–H and O–H groups in total. The molecule has 1 unspecified atom stereocenters. The molecule has 0 fully saturated rings. The van der Waals surface area contributed by atoms with Crippen LogP contribution < -0.4 is 5.32 Å². The summed E-state index contributed by atoms with van der Waals surface area (Å²) < 4.78 is 18.6. The molecule has 8 heteroatoms. The fourth-order valence-electron chi connectivity index (χ4n) is 3.01. The summed E-state index contributed by atoms with van der Waals surface area (Å²) in [6.07, 6.45) is 6.47. The molecule has 1 atom stereocenters. The second kappa shape index (κ2) is 9.38. The first kappa shape index (κ1) is 19.2. The largest absolute Gasteiger partial charge is 0.448 e. The lowest BCUT2D eigenvalue weighted by molar-refractivity contribution is 0.175. The Balaban J connectivity index is 1.52. The van der Waals surface area contributed by atoms with Crippen molar-refractivity contribution in [2.24, 2.45) is 0 Å². The van der Waals surface area contributed by atoms with Crippen LogP contribution in [0, 0.1) is 5.82 Å². The van der Waals surface area contributed by atoms with Gasteiger partial charge in [-0.15, -0.1) is 0 Å². The minimum Gasteiger partial charge on any atom is -0.448 e. The van der Waals surface area contributed by atoms with Crippen LogP contribution in [0.4, 0.5) is 10.2 Å². The van der Waals surface area contributed by atoms with E-state index in [1.165, 1.54) is 18.5 Å². The van der Waals surface area contributed by atoms with Gasteiger partial charge in [0.1, 0.15) is 24.2 Å². The highest BCUT2D eigenvalue weighted by atomic mass is 19.1. The summed E-state index contributed by atoms with van der Waals surface area (Å²) in [5.41, 5.74) is 0.583. The molecule has 2 aromatic heterocycles. The fourth-order valence-corrected chi connectivity index (χ4v) is 3.01. The van der Waals surface area contributed by atoms with Gasteiger partial charge in [-0.05, 0) is 38.4 Å². The van der Waals surface area contributed by atoms with E-state index in [0.717, 1.165) is 24.8 Å². The number of anilines is 1. The van der Waals surface area contributed by atoms with Gasteiger partial charge < -0.3 is 14.8 Å². The zero-order valence-electron chi connectivity index (χ0n) is 15.3. The van der Waals surface area contributed by atoms with Crippen molar-refractivity contribution in [3.05, 3.63) is 48.7 Å². The SMILES string of the molecule is CC(CCCN(CCO)Cc1ncco1)Nc1ncnc2cc(F)ccc12. The van der Waals surface area contributed by atoms with Gasteiger partial charge in [0, 0.05) is 24.0 Å². The molecule has 1 aromatic carbocycles. The summed E-state index contributed by atoms with van der Waals surface area (Å²) in [6.45, 7) is 4.16. The van der Waals surface area contributed by atoms with E-state index >= 15 is 0 Å². The number of benzene rings is 1. The number of nitrogens with zero attached hydrogens (tertiary/aromatic N) is 4. The van der Waals surface area contributed by atoms with Crippen molar-refractivity contribution in [2.75, 3.05) is 25.0 Å². The average Bonchev–Trinajstić information content (AvgIpc) is 3.15. The molecule has 3 rings (SSSR count). The molecule has 0 saturated carbocycles. The van der Waals surface area contributed by atoms with Crippen molar-refractivity contribution in [3.63, 3.8) is 0 Å². The summed E-state index contributed by atoms with van der Waals surface area (Å²) in [5.74, 6) is 1.05. The maximum Gasteiger partial charge on any atom is 0.208 e. The number of oxazole rings is 1. The summed E-state index contributed by atoms with van der Waals surface area (Å²) in [4.78, 5) is 14.6. The molecule has 0 aliphatic rings. The molecule has 0 bridgehead atoms. The van der Waals surface area contributed by atoms with Crippen LogP contribution in [0.2, 0.25) is 0 Å². The number of aliphatic hydroxyl groups is 1. The van der Waals surface area contributed by atoms with Crippen LogP contribution in [-0.2, 0) is 6.54 Å². The Morgan fingerprint density at radius 1 is 1.26 bits per heavy atom. The van der Waals surface area contributed by atoms with E-state index in [2.05, 4.69) is 32.1 Å². The van der Waals surface area contributed by atoms with Gasteiger partial charge in [-0.3, -0.25) is 4.90 Å². The predicted octanol–water partition coefficient (Wildman–Crippen LogP) is 2.83. The van der Waals surface area contributed by atoms with E-state index in [9.17, 15) is 9.50 Å². The standard InChI is InChI=1S/C19H24FN5O2/c1-14(3-2-7-25(8-9-26)12-18-21-6-10-27-18)24-19-16-5-4-15(20)11-17(16)22-13-23-19/h4-6,10-11,13-14,26H,2-3,7-9,12H2,1H3,(H,22,23,24). The zero-order chi connectivity index (χ0) is 19.1. The molecule has 7 nitrogen and oxygen atoms in total. The molecule has 0 saturated heterocycles. The van der Waals surface area contributed by atoms with E-state index in [1.807, 2.05) is 0 Å². The molecular weight excluding hydrogens is 349 g/mol. The van der Waals surface area contributed by atoms with Crippen molar-refractivity contribution in [2.45, 2.75) is 32.4 Å². The molecule has 0 spiro atoms. The summed E-state index contributed by atoms with van der Waals surface area (Å²) in [7, 11) is 0. The molecular formula is C19H24FN5O2. The van der Waals surface area contributed by atoms with Crippen LogP contribution in [0.15, 0.2) is 41.4 Å². The third-order valence-corrected chi connectivity index (χ3v) is 4.35. The first-order chi connectivity index (χ1) is 13.2. The van der Waals surface area contributed by atoms with Crippen molar-refractivity contribution in [1.29, 1.82) is 0 Å². The third-order valence-electron chi connectivity index (χ3n) is 4.35.